The topological polar surface area (TPSA) is 76.8 Å². The molecule has 0 amide bonds. The van der Waals surface area contributed by atoms with Crippen LogP contribution >= 0.6 is 0 Å². The molecule has 0 unspecified atom stereocenters. The number of hydrogen-bond donors (Lipinski definition) is 3. The highest BCUT2D eigenvalue weighted by molar-refractivity contribution is 5.63. The third-order valence-electron chi connectivity index (χ3n) is 6.41. The van der Waals surface area contributed by atoms with Crippen LogP contribution in [-0.4, -0.2) is 47.7 Å². The molecule has 0 saturated carbocycles. The summed E-state index contributed by atoms with van der Waals surface area (Å²) in [7, 11) is 0. The standard InChI is InChI=1S/C24H29N7/c25-23-26-22(18-30-15-13-29(14-16-30)17-19-7-2-1-3-8-19)27-24(28-23)31-12-6-10-20-9-4-5-11-21(20)31/h1-5,7-9,11H,6,10,12-18H2,(H2,25,26,27,28)/p+2. The van der Waals surface area contributed by atoms with Gasteiger partial charge in [-0.25, -0.2) is 0 Å². The van der Waals surface area contributed by atoms with Gasteiger partial charge in [-0.2, -0.15) is 15.0 Å². The monoisotopic (exact) mass is 417 g/mol. The van der Waals surface area contributed by atoms with Crippen molar-refractivity contribution in [3.8, 4) is 0 Å². The van der Waals surface area contributed by atoms with Crippen LogP contribution in [0, 0.1) is 0 Å². The molecule has 0 aliphatic carbocycles. The molecular weight excluding hydrogens is 386 g/mol. The number of nitrogens with two attached hydrogens (primary N) is 1. The van der Waals surface area contributed by atoms with Gasteiger partial charge in [-0.05, 0) is 24.5 Å². The fourth-order valence-electron chi connectivity index (χ4n) is 4.79. The Balaban J connectivity index is 1.25. The summed E-state index contributed by atoms with van der Waals surface area (Å²) < 4.78 is 0. The fourth-order valence-corrected chi connectivity index (χ4v) is 4.79. The third-order valence-corrected chi connectivity index (χ3v) is 6.41. The van der Waals surface area contributed by atoms with Crippen LogP contribution in [0.25, 0.3) is 0 Å². The molecule has 0 atom stereocenters. The number of aromatic nitrogens is 3. The van der Waals surface area contributed by atoms with Crippen molar-refractivity contribution in [2.45, 2.75) is 25.9 Å². The molecular formula is C24H31N7+2. The van der Waals surface area contributed by atoms with Crippen LogP contribution in [0.15, 0.2) is 54.6 Å². The smallest absolute Gasteiger partial charge is 0.235 e. The molecule has 1 fully saturated rings. The number of piperazine rings is 1. The number of benzene rings is 2. The molecule has 31 heavy (non-hydrogen) atoms. The van der Waals surface area contributed by atoms with E-state index in [0.717, 1.165) is 64.5 Å². The van der Waals surface area contributed by atoms with Gasteiger partial charge in [0.15, 0.2) is 5.82 Å². The van der Waals surface area contributed by atoms with Crippen molar-refractivity contribution in [2.75, 3.05) is 43.4 Å². The van der Waals surface area contributed by atoms with Gasteiger partial charge in [0.05, 0.1) is 0 Å². The van der Waals surface area contributed by atoms with Crippen molar-refractivity contribution < 1.29 is 9.80 Å². The van der Waals surface area contributed by atoms with Crippen LogP contribution in [0.4, 0.5) is 17.6 Å². The lowest BCUT2D eigenvalue weighted by Gasteiger charge is -2.30. The quantitative estimate of drug-likeness (QED) is 0.546. The summed E-state index contributed by atoms with van der Waals surface area (Å²) in [6.07, 6.45) is 2.19. The molecule has 5 rings (SSSR count). The average Bonchev–Trinajstić information content (AvgIpc) is 2.80. The minimum atomic E-state index is 0.316. The predicted octanol–water partition coefficient (Wildman–Crippen LogP) is 0.0217. The Morgan fingerprint density at radius 1 is 0.806 bits per heavy atom. The molecule has 2 aliphatic heterocycles. The molecule has 0 spiro atoms. The highest BCUT2D eigenvalue weighted by Crippen LogP contribution is 2.31. The van der Waals surface area contributed by atoms with Crippen molar-refractivity contribution in [1.82, 2.24) is 15.0 Å². The van der Waals surface area contributed by atoms with Crippen molar-refractivity contribution in [3.63, 3.8) is 0 Å². The second-order valence-corrected chi connectivity index (χ2v) is 8.63. The van der Waals surface area contributed by atoms with Gasteiger partial charge >= 0.3 is 0 Å². The van der Waals surface area contributed by atoms with Crippen LogP contribution in [0.3, 0.4) is 0 Å². The molecule has 3 aromatic rings. The Labute approximate surface area is 183 Å². The Kier molecular flexibility index (Phi) is 5.78. The SMILES string of the molecule is Nc1nc(C[NH+]2CC[NH+](Cc3ccccc3)CC2)nc(N2CCCc3ccccc32)n1. The van der Waals surface area contributed by atoms with E-state index in [1.807, 2.05) is 0 Å². The van der Waals surface area contributed by atoms with Crippen LogP contribution in [-0.2, 0) is 19.5 Å². The van der Waals surface area contributed by atoms with E-state index in [9.17, 15) is 0 Å². The maximum atomic E-state index is 6.10. The first kappa shape index (κ1) is 19.9. The highest BCUT2D eigenvalue weighted by atomic mass is 15.3. The molecule has 0 bridgehead atoms. The summed E-state index contributed by atoms with van der Waals surface area (Å²) in [5.41, 5.74) is 10.0. The minimum absolute atomic E-state index is 0.316. The van der Waals surface area contributed by atoms with E-state index < -0.39 is 0 Å². The van der Waals surface area contributed by atoms with Crippen LogP contribution in [0.2, 0.25) is 0 Å². The van der Waals surface area contributed by atoms with Crippen molar-refractivity contribution in [3.05, 3.63) is 71.5 Å². The first-order valence-electron chi connectivity index (χ1n) is 11.3. The molecule has 7 nitrogen and oxygen atoms in total. The number of para-hydroxylation sites is 1. The molecule has 1 saturated heterocycles. The lowest BCUT2D eigenvalue weighted by atomic mass is 10.0. The van der Waals surface area contributed by atoms with Gasteiger partial charge in [0.2, 0.25) is 11.9 Å². The Bertz CT molecular complexity index is 1020. The largest absolute Gasteiger partial charge is 0.368 e. The number of quaternary nitrogens is 2. The number of rotatable bonds is 5. The van der Waals surface area contributed by atoms with E-state index >= 15 is 0 Å². The third kappa shape index (κ3) is 4.68. The maximum absolute atomic E-state index is 6.10. The van der Waals surface area contributed by atoms with Gasteiger partial charge in [-0.1, -0.05) is 48.5 Å². The molecule has 0 radical (unpaired) electrons. The van der Waals surface area contributed by atoms with Gasteiger partial charge in [0.25, 0.3) is 0 Å². The first-order chi connectivity index (χ1) is 15.2. The zero-order valence-electron chi connectivity index (χ0n) is 17.9. The number of nitrogens with zero attached hydrogens (tertiary/aromatic N) is 4. The van der Waals surface area contributed by atoms with Crippen molar-refractivity contribution in [1.29, 1.82) is 0 Å². The van der Waals surface area contributed by atoms with Crippen molar-refractivity contribution >= 4 is 17.6 Å². The van der Waals surface area contributed by atoms with Crippen LogP contribution in [0.1, 0.15) is 23.4 Å². The summed E-state index contributed by atoms with van der Waals surface area (Å²) in [5.74, 6) is 1.80. The lowest BCUT2D eigenvalue weighted by Crippen LogP contribution is -3.27. The zero-order valence-corrected chi connectivity index (χ0v) is 17.9. The number of nitrogens with one attached hydrogen (secondary N) is 2. The molecule has 4 N–H and O–H groups in total. The van der Waals surface area contributed by atoms with Crippen LogP contribution < -0.4 is 20.4 Å². The van der Waals surface area contributed by atoms with Crippen molar-refractivity contribution in [2.24, 2.45) is 0 Å². The molecule has 7 heteroatoms. The Morgan fingerprint density at radius 3 is 2.32 bits per heavy atom. The van der Waals surface area contributed by atoms with Gasteiger partial charge in [0.1, 0.15) is 39.3 Å². The zero-order chi connectivity index (χ0) is 21.0. The van der Waals surface area contributed by atoms with Gasteiger partial charge < -0.3 is 20.4 Å². The molecule has 3 heterocycles. The average molecular weight is 418 g/mol. The second-order valence-electron chi connectivity index (χ2n) is 8.63. The summed E-state index contributed by atoms with van der Waals surface area (Å²) in [6, 6.07) is 19.3. The van der Waals surface area contributed by atoms with Gasteiger partial charge in [-0.15, -0.1) is 0 Å². The number of nitrogen functional groups attached to an aromatic ring is 1. The molecule has 160 valence electrons. The summed E-state index contributed by atoms with van der Waals surface area (Å²) in [4.78, 5) is 19.1. The summed E-state index contributed by atoms with van der Waals surface area (Å²) in [6.45, 7) is 7.38. The summed E-state index contributed by atoms with van der Waals surface area (Å²) in [5, 5.41) is 0. The first-order valence-corrected chi connectivity index (χ1v) is 11.3. The number of hydrogen-bond acceptors (Lipinski definition) is 5. The number of fused-ring (bicyclic) bond motifs is 1. The lowest BCUT2D eigenvalue weighted by molar-refractivity contribution is -1.02. The maximum Gasteiger partial charge on any atom is 0.235 e. The van der Waals surface area contributed by atoms with Gasteiger partial charge in [-0.3, -0.25) is 0 Å². The fraction of sp³-hybridized carbons (Fsp3) is 0.375. The molecule has 2 aromatic carbocycles. The van der Waals surface area contributed by atoms with E-state index in [1.165, 1.54) is 21.7 Å². The van der Waals surface area contributed by atoms with Gasteiger partial charge in [0, 0.05) is 17.8 Å². The van der Waals surface area contributed by atoms with E-state index in [1.54, 1.807) is 4.90 Å². The normalized spacial score (nSPS) is 21.0. The molecule has 1 aromatic heterocycles. The van der Waals surface area contributed by atoms with E-state index in [0.29, 0.717) is 11.9 Å². The van der Waals surface area contributed by atoms with E-state index in [-0.39, 0.29) is 0 Å². The van der Waals surface area contributed by atoms with E-state index in [2.05, 4.69) is 69.5 Å². The Hall–Kier alpha value is -3.03. The molecule has 2 aliphatic rings. The minimum Gasteiger partial charge on any atom is -0.368 e. The number of aryl methyl sites for hydroxylation is 1. The predicted molar refractivity (Wildman–Crippen MR) is 121 cm³/mol. The highest BCUT2D eigenvalue weighted by Gasteiger charge is 2.26. The van der Waals surface area contributed by atoms with E-state index in [4.69, 9.17) is 10.7 Å². The number of anilines is 3. The Morgan fingerprint density at radius 2 is 1.52 bits per heavy atom. The summed E-state index contributed by atoms with van der Waals surface area (Å²) >= 11 is 0. The second kappa shape index (κ2) is 8.99. The van der Waals surface area contributed by atoms with Crippen LogP contribution in [0.5, 0.6) is 0 Å².